The monoisotopic (exact) mass is 424 g/mol. The minimum atomic E-state index is 0.343. The molecule has 2 aromatic rings. The molecule has 0 unspecified atom stereocenters. The summed E-state index contributed by atoms with van der Waals surface area (Å²) in [5.41, 5.74) is 2.43. The number of piperidine rings is 1. The lowest BCUT2D eigenvalue weighted by atomic mass is 10.0. The average Bonchev–Trinajstić information content (AvgIpc) is 2.78. The van der Waals surface area contributed by atoms with Crippen LogP contribution < -0.4 is 9.47 Å². The number of hydrogen-bond donors (Lipinski definition) is 0. The number of methoxy groups -OCH3 is 1. The van der Waals surface area contributed by atoms with Crippen LogP contribution in [0.3, 0.4) is 0 Å². The van der Waals surface area contributed by atoms with Crippen molar-refractivity contribution in [1.82, 2.24) is 9.80 Å². The Morgan fingerprint density at radius 3 is 2.29 bits per heavy atom. The number of rotatable bonds is 7. The molecule has 2 atom stereocenters. The van der Waals surface area contributed by atoms with Gasteiger partial charge < -0.3 is 14.2 Å². The van der Waals surface area contributed by atoms with Crippen LogP contribution in [-0.2, 0) is 17.9 Å². The van der Waals surface area contributed by atoms with E-state index in [9.17, 15) is 0 Å². The molecule has 2 saturated heterocycles. The van der Waals surface area contributed by atoms with Crippen LogP contribution in [0.5, 0.6) is 11.5 Å². The van der Waals surface area contributed by atoms with E-state index in [0.717, 1.165) is 49.8 Å². The van der Waals surface area contributed by atoms with Crippen LogP contribution in [0, 0.1) is 0 Å². The summed E-state index contributed by atoms with van der Waals surface area (Å²) in [5.74, 6) is 1.60. The molecule has 31 heavy (non-hydrogen) atoms. The molecule has 0 N–H and O–H groups in total. The van der Waals surface area contributed by atoms with E-state index in [1.165, 1.54) is 18.4 Å². The van der Waals surface area contributed by atoms with Crippen LogP contribution in [0.1, 0.15) is 37.8 Å². The summed E-state index contributed by atoms with van der Waals surface area (Å²) >= 11 is 0. The van der Waals surface area contributed by atoms with Crippen molar-refractivity contribution in [1.29, 1.82) is 0 Å². The third-order valence-corrected chi connectivity index (χ3v) is 6.39. The molecule has 2 aromatic carbocycles. The molecule has 0 bridgehead atoms. The van der Waals surface area contributed by atoms with E-state index >= 15 is 0 Å². The Bertz CT molecular complexity index is 811. The molecule has 4 rings (SSSR count). The number of benzene rings is 2. The Labute approximate surface area is 186 Å². The van der Waals surface area contributed by atoms with Crippen molar-refractivity contribution in [2.45, 2.75) is 58.1 Å². The number of hydrogen-bond acceptors (Lipinski definition) is 5. The summed E-state index contributed by atoms with van der Waals surface area (Å²) in [6.07, 6.45) is 3.14. The maximum atomic E-state index is 6.10. The number of likely N-dealkylation sites (tertiary alicyclic amines) is 1. The molecule has 2 heterocycles. The van der Waals surface area contributed by atoms with Crippen LogP contribution in [0.15, 0.2) is 48.5 Å². The standard InChI is InChI=1S/C26H36N2O3/c1-20-16-28(17-21(2)31-20)24-11-13-27(14-12-24)18-23-9-10-25(29-3)26(15-23)30-19-22-7-5-4-6-8-22/h4-10,15,20-21,24H,11-14,16-19H2,1-3H3/t20-,21+. The minimum absolute atomic E-state index is 0.343. The van der Waals surface area contributed by atoms with Crippen molar-refractivity contribution >= 4 is 0 Å². The molecule has 2 aliphatic heterocycles. The quantitative estimate of drug-likeness (QED) is 0.660. The van der Waals surface area contributed by atoms with Crippen molar-refractivity contribution in [3.63, 3.8) is 0 Å². The van der Waals surface area contributed by atoms with Crippen LogP contribution in [0.4, 0.5) is 0 Å². The molecule has 0 aromatic heterocycles. The summed E-state index contributed by atoms with van der Waals surface area (Å²) in [4.78, 5) is 5.21. The maximum absolute atomic E-state index is 6.10. The van der Waals surface area contributed by atoms with Crippen LogP contribution >= 0.6 is 0 Å². The van der Waals surface area contributed by atoms with Crippen LogP contribution in [0.2, 0.25) is 0 Å². The summed E-state index contributed by atoms with van der Waals surface area (Å²) in [7, 11) is 1.70. The van der Waals surface area contributed by atoms with Gasteiger partial charge in [0.2, 0.25) is 0 Å². The van der Waals surface area contributed by atoms with Crippen molar-refractivity contribution in [2.75, 3.05) is 33.3 Å². The zero-order chi connectivity index (χ0) is 21.6. The highest BCUT2D eigenvalue weighted by atomic mass is 16.5. The van der Waals surface area contributed by atoms with Gasteiger partial charge in [-0.05, 0) is 63.0 Å². The van der Waals surface area contributed by atoms with Crippen molar-refractivity contribution in [3.8, 4) is 11.5 Å². The lowest BCUT2D eigenvalue weighted by Gasteiger charge is -2.43. The van der Waals surface area contributed by atoms with E-state index in [1.54, 1.807) is 7.11 Å². The fourth-order valence-electron chi connectivity index (χ4n) is 4.88. The fourth-order valence-corrected chi connectivity index (χ4v) is 4.88. The van der Waals surface area contributed by atoms with E-state index in [1.807, 2.05) is 24.3 Å². The van der Waals surface area contributed by atoms with Gasteiger partial charge in [-0.3, -0.25) is 9.80 Å². The Balaban J connectivity index is 1.32. The molecule has 0 amide bonds. The van der Waals surface area contributed by atoms with Gasteiger partial charge in [-0.1, -0.05) is 36.4 Å². The predicted octanol–water partition coefficient (Wildman–Crippen LogP) is 4.35. The molecule has 2 aliphatic rings. The molecule has 168 valence electrons. The van der Waals surface area contributed by atoms with Crippen LogP contribution in [-0.4, -0.2) is 61.3 Å². The SMILES string of the molecule is COc1ccc(CN2CCC(N3C[C@@H](C)O[C@@H](C)C3)CC2)cc1OCc1ccccc1. The normalized spacial score (nSPS) is 23.6. The van der Waals surface area contributed by atoms with Gasteiger partial charge in [-0.2, -0.15) is 0 Å². The van der Waals surface area contributed by atoms with Crippen molar-refractivity contribution < 1.29 is 14.2 Å². The Morgan fingerprint density at radius 1 is 0.903 bits per heavy atom. The van der Waals surface area contributed by atoms with E-state index in [0.29, 0.717) is 24.9 Å². The van der Waals surface area contributed by atoms with E-state index < -0.39 is 0 Å². The molecule has 0 aliphatic carbocycles. The van der Waals surface area contributed by atoms with Gasteiger partial charge in [0, 0.05) is 25.7 Å². The lowest BCUT2D eigenvalue weighted by molar-refractivity contribution is -0.0865. The van der Waals surface area contributed by atoms with Crippen LogP contribution in [0.25, 0.3) is 0 Å². The topological polar surface area (TPSA) is 34.2 Å². The lowest BCUT2D eigenvalue weighted by Crippen LogP contribution is -2.53. The Hall–Kier alpha value is -2.08. The predicted molar refractivity (Wildman–Crippen MR) is 124 cm³/mol. The number of morpholine rings is 1. The second kappa shape index (κ2) is 10.5. The highest BCUT2D eigenvalue weighted by Crippen LogP contribution is 2.30. The molecule has 0 spiro atoms. The highest BCUT2D eigenvalue weighted by molar-refractivity contribution is 5.43. The maximum Gasteiger partial charge on any atom is 0.161 e. The smallest absolute Gasteiger partial charge is 0.161 e. The summed E-state index contributed by atoms with van der Waals surface area (Å²) < 4.78 is 17.5. The zero-order valence-electron chi connectivity index (χ0n) is 19.1. The van der Waals surface area contributed by atoms with Gasteiger partial charge >= 0.3 is 0 Å². The minimum Gasteiger partial charge on any atom is -0.493 e. The van der Waals surface area contributed by atoms with Crippen molar-refractivity contribution in [3.05, 3.63) is 59.7 Å². The molecular formula is C26H36N2O3. The first-order chi connectivity index (χ1) is 15.1. The molecular weight excluding hydrogens is 388 g/mol. The molecule has 5 heteroatoms. The van der Waals surface area contributed by atoms with Gasteiger partial charge in [0.25, 0.3) is 0 Å². The number of nitrogens with zero attached hydrogens (tertiary/aromatic N) is 2. The molecule has 0 saturated carbocycles. The Kier molecular flexibility index (Phi) is 7.49. The number of ether oxygens (including phenoxy) is 3. The molecule has 5 nitrogen and oxygen atoms in total. The van der Waals surface area contributed by atoms with Gasteiger partial charge in [0.1, 0.15) is 6.61 Å². The first kappa shape index (κ1) is 22.1. The average molecular weight is 425 g/mol. The fraction of sp³-hybridized carbons (Fsp3) is 0.538. The van der Waals surface area contributed by atoms with E-state index in [-0.39, 0.29) is 0 Å². The summed E-state index contributed by atoms with van der Waals surface area (Å²) in [6.45, 7) is 10.3. The first-order valence-electron chi connectivity index (χ1n) is 11.6. The zero-order valence-corrected chi connectivity index (χ0v) is 19.1. The van der Waals surface area contributed by atoms with E-state index in [2.05, 4.69) is 47.9 Å². The Morgan fingerprint density at radius 2 is 1.61 bits per heavy atom. The summed E-state index contributed by atoms with van der Waals surface area (Å²) in [5, 5.41) is 0. The van der Waals surface area contributed by atoms with Gasteiger partial charge in [0.15, 0.2) is 11.5 Å². The molecule has 2 fully saturated rings. The largest absolute Gasteiger partial charge is 0.493 e. The first-order valence-corrected chi connectivity index (χ1v) is 11.6. The van der Waals surface area contributed by atoms with E-state index in [4.69, 9.17) is 14.2 Å². The summed E-state index contributed by atoms with van der Waals surface area (Å²) in [6, 6.07) is 17.3. The highest BCUT2D eigenvalue weighted by Gasteiger charge is 2.30. The third-order valence-electron chi connectivity index (χ3n) is 6.39. The molecule has 0 radical (unpaired) electrons. The third kappa shape index (κ3) is 6.00. The van der Waals surface area contributed by atoms with Gasteiger partial charge in [-0.15, -0.1) is 0 Å². The van der Waals surface area contributed by atoms with Crippen molar-refractivity contribution in [2.24, 2.45) is 0 Å². The second-order valence-corrected chi connectivity index (χ2v) is 8.98. The second-order valence-electron chi connectivity index (χ2n) is 8.98. The van der Waals surface area contributed by atoms with Gasteiger partial charge in [-0.25, -0.2) is 0 Å². The van der Waals surface area contributed by atoms with Gasteiger partial charge in [0.05, 0.1) is 19.3 Å².